The SMILES string of the molecule is CC(CNC(=O)CCN1C(=O)CCC1=O)N1CCc2ccccc2C1. The van der Waals surface area contributed by atoms with Gasteiger partial charge in [-0.1, -0.05) is 24.3 Å². The number of imide groups is 1. The van der Waals surface area contributed by atoms with Gasteiger partial charge in [0.25, 0.3) is 0 Å². The second-order valence-electron chi connectivity index (χ2n) is 6.83. The molecule has 1 fully saturated rings. The van der Waals surface area contributed by atoms with E-state index in [1.165, 1.54) is 16.0 Å². The number of likely N-dealkylation sites (tertiary alicyclic amines) is 1. The number of nitrogens with one attached hydrogen (secondary N) is 1. The minimum absolute atomic E-state index is 0.114. The van der Waals surface area contributed by atoms with Gasteiger partial charge in [0.1, 0.15) is 0 Å². The molecule has 134 valence electrons. The fourth-order valence-electron chi connectivity index (χ4n) is 3.46. The van der Waals surface area contributed by atoms with Crippen molar-refractivity contribution < 1.29 is 14.4 Å². The molecule has 6 heteroatoms. The van der Waals surface area contributed by atoms with Gasteiger partial charge in [-0.25, -0.2) is 0 Å². The molecule has 3 rings (SSSR count). The first-order valence-corrected chi connectivity index (χ1v) is 8.95. The maximum atomic E-state index is 12.0. The fourth-order valence-corrected chi connectivity index (χ4v) is 3.46. The number of carbonyl (C=O) groups is 3. The zero-order valence-corrected chi connectivity index (χ0v) is 14.7. The Morgan fingerprint density at radius 2 is 1.80 bits per heavy atom. The molecule has 3 amide bonds. The van der Waals surface area contributed by atoms with E-state index >= 15 is 0 Å². The molecule has 0 spiro atoms. The van der Waals surface area contributed by atoms with E-state index in [0.717, 1.165) is 19.5 Å². The van der Waals surface area contributed by atoms with Crippen LogP contribution in [-0.2, 0) is 27.3 Å². The number of nitrogens with zero attached hydrogens (tertiary/aromatic N) is 2. The number of hydrogen-bond donors (Lipinski definition) is 1. The van der Waals surface area contributed by atoms with Crippen LogP contribution >= 0.6 is 0 Å². The molecule has 2 aliphatic heterocycles. The first-order chi connectivity index (χ1) is 12.0. The fraction of sp³-hybridized carbons (Fsp3) is 0.526. The average molecular weight is 343 g/mol. The molecule has 6 nitrogen and oxygen atoms in total. The maximum absolute atomic E-state index is 12.0. The number of amides is 3. The van der Waals surface area contributed by atoms with Crippen LogP contribution < -0.4 is 5.32 Å². The number of carbonyl (C=O) groups excluding carboxylic acids is 3. The van der Waals surface area contributed by atoms with Gasteiger partial charge in [-0.15, -0.1) is 0 Å². The van der Waals surface area contributed by atoms with Crippen molar-refractivity contribution in [3.05, 3.63) is 35.4 Å². The Hall–Kier alpha value is -2.21. The highest BCUT2D eigenvalue weighted by Gasteiger charge is 2.29. The third-order valence-electron chi connectivity index (χ3n) is 5.10. The first-order valence-electron chi connectivity index (χ1n) is 8.95. The smallest absolute Gasteiger partial charge is 0.229 e. The van der Waals surface area contributed by atoms with E-state index in [1.54, 1.807) is 0 Å². The summed E-state index contributed by atoms with van der Waals surface area (Å²) in [5, 5.41) is 2.93. The highest BCUT2D eigenvalue weighted by Crippen LogP contribution is 2.20. The summed E-state index contributed by atoms with van der Waals surface area (Å²) in [5.74, 6) is -0.451. The van der Waals surface area contributed by atoms with Gasteiger partial charge in [0.2, 0.25) is 17.7 Å². The van der Waals surface area contributed by atoms with Gasteiger partial charge in [0.15, 0.2) is 0 Å². The van der Waals surface area contributed by atoms with Crippen molar-refractivity contribution >= 4 is 17.7 Å². The first kappa shape index (κ1) is 17.6. The van der Waals surface area contributed by atoms with Crippen LogP contribution in [0.3, 0.4) is 0 Å². The Bertz CT molecular complexity index is 658. The number of rotatable bonds is 6. The van der Waals surface area contributed by atoms with Crippen molar-refractivity contribution in [3.63, 3.8) is 0 Å². The predicted molar refractivity (Wildman–Crippen MR) is 93.6 cm³/mol. The molecule has 1 unspecified atom stereocenters. The number of fused-ring (bicyclic) bond motifs is 1. The highest BCUT2D eigenvalue weighted by atomic mass is 16.2. The molecule has 2 heterocycles. The summed E-state index contributed by atoms with van der Waals surface area (Å²) in [6.45, 7) is 4.77. The molecule has 1 aromatic rings. The standard InChI is InChI=1S/C19H25N3O3/c1-14(21-10-8-15-4-2-3-5-16(15)13-21)12-20-17(23)9-11-22-18(24)6-7-19(22)25/h2-5,14H,6-13H2,1H3,(H,20,23). The van der Waals surface area contributed by atoms with E-state index in [4.69, 9.17) is 0 Å². The Morgan fingerprint density at radius 3 is 2.52 bits per heavy atom. The average Bonchev–Trinajstić information content (AvgIpc) is 2.95. The molecule has 0 bridgehead atoms. The van der Waals surface area contributed by atoms with E-state index < -0.39 is 0 Å². The maximum Gasteiger partial charge on any atom is 0.229 e. The molecule has 1 N–H and O–H groups in total. The van der Waals surface area contributed by atoms with Crippen LogP contribution in [0, 0.1) is 0 Å². The summed E-state index contributed by atoms with van der Waals surface area (Å²) in [5.41, 5.74) is 2.77. The van der Waals surface area contributed by atoms with Crippen LogP contribution in [0.5, 0.6) is 0 Å². The monoisotopic (exact) mass is 343 g/mol. The summed E-state index contributed by atoms with van der Waals surface area (Å²) in [6, 6.07) is 8.73. The van der Waals surface area contributed by atoms with Gasteiger partial charge >= 0.3 is 0 Å². The Balaban J connectivity index is 1.41. The summed E-state index contributed by atoms with van der Waals surface area (Å²) in [4.78, 5) is 38.7. The highest BCUT2D eigenvalue weighted by molar-refractivity contribution is 6.02. The van der Waals surface area contributed by atoms with E-state index in [0.29, 0.717) is 6.54 Å². The molecule has 1 atom stereocenters. The third-order valence-corrected chi connectivity index (χ3v) is 5.10. The van der Waals surface area contributed by atoms with E-state index in [2.05, 4.69) is 41.4 Å². The third kappa shape index (κ3) is 4.25. The topological polar surface area (TPSA) is 69.7 Å². The second-order valence-corrected chi connectivity index (χ2v) is 6.83. The van der Waals surface area contributed by atoms with Crippen LogP contribution in [0.25, 0.3) is 0 Å². The van der Waals surface area contributed by atoms with Gasteiger partial charge in [-0.2, -0.15) is 0 Å². The van der Waals surface area contributed by atoms with Crippen molar-refractivity contribution in [2.45, 2.75) is 45.2 Å². The summed E-state index contributed by atoms with van der Waals surface area (Å²) < 4.78 is 0. The van der Waals surface area contributed by atoms with Crippen LogP contribution in [0.1, 0.15) is 37.3 Å². The molecule has 25 heavy (non-hydrogen) atoms. The molecule has 0 aliphatic carbocycles. The molecule has 0 aromatic heterocycles. The minimum atomic E-state index is -0.168. The molecule has 0 saturated carbocycles. The lowest BCUT2D eigenvalue weighted by atomic mass is 9.99. The molecule has 0 radical (unpaired) electrons. The lowest BCUT2D eigenvalue weighted by molar-refractivity contribution is -0.138. The van der Waals surface area contributed by atoms with Crippen molar-refractivity contribution in [2.75, 3.05) is 19.6 Å². The van der Waals surface area contributed by atoms with Crippen LogP contribution in [0.15, 0.2) is 24.3 Å². The number of benzene rings is 1. The molecular weight excluding hydrogens is 318 g/mol. The van der Waals surface area contributed by atoms with Crippen molar-refractivity contribution in [3.8, 4) is 0 Å². The molecule has 2 aliphatic rings. The largest absolute Gasteiger partial charge is 0.354 e. The summed E-state index contributed by atoms with van der Waals surface area (Å²) in [6.07, 6.45) is 1.75. The van der Waals surface area contributed by atoms with Gasteiger partial charge < -0.3 is 5.32 Å². The Kier molecular flexibility index (Phi) is 5.48. The van der Waals surface area contributed by atoms with Gasteiger partial charge in [-0.05, 0) is 24.5 Å². The Labute approximate surface area is 148 Å². The molecular formula is C19H25N3O3. The van der Waals surface area contributed by atoms with Crippen molar-refractivity contribution in [1.29, 1.82) is 0 Å². The molecule has 1 aromatic carbocycles. The normalized spacial score (nSPS) is 19.0. The van der Waals surface area contributed by atoms with Crippen LogP contribution in [0.2, 0.25) is 0 Å². The van der Waals surface area contributed by atoms with Crippen molar-refractivity contribution in [2.24, 2.45) is 0 Å². The van der Waals surface area contributed by atoms with Crippen LogP contribution in [-0.4, -0.2) is 53.2 Å². The second kappa shape index (κ2) is 7.78. The van der Waals surface area contributed by atoms with E-state index in [-0.39, 0.29) is 49.6 Å². The number of hydrogen-bond acceptors (Lipinski definition) is 4. The summed E-state index contributed by atoms with van der Waals surface area (Å²) >= 11 is 0. The van der Waals surface area contributed by atoms with Crippen molar-refractivity contribution in [1.82, 2.24) is 15.1 Å². The van der Waals surface area contributed by atoms with Gasteiger partial charge in [-0.3, -0.25) is 24.2 Å². The van der Waals surface area contributed by atoms with E-state index in [9.17, 15) is 14.4 Å². The lowest BCUT2D eigenvalue weighted by Gasteiger charge is -2.33. The summed E-state index contributed by atoms with van der Waals surface area (Å²) in [7, 11) is 0. The zero-order valence-electron chi connectivity index (χ0n) is 14.7. The van der Waals surface area contributed by atoms with Gasteiger partial charge in [0.05, 0.1) is 0 Å². The quantitative estimate of drug-likeness (QED) is 0.785. The predicted octanol–water partition coefficient (Wildman–Crippen LogP) is 1.09. The lowest BCUT2D eigenvalue weighted by Crippen LogP contribution is -2.44. The van der Waals surface area contributed by atoms with Gasteiger partial charge in [0, 0.05) is 51.5 Å². The van der Waals surface area contributed by atoms with Crippen LogP contribution in [0.4, 0.5) is 0 Å². The molecule has 1 saturated heterocycles. The zero-order chi connectivity index (χ0) is 17.8. The van der Waals surface area contributed by atoms with E-state index in [1.807, 2.05) is 0 Å². The Morgan fingerprint density at radius 1 is 1.12 bits per heavy atom. The minimum Gasteiger partial charge on any atom is -0.354 e.